The van der Waals surface area contributed by atoms with Crippen LogP contribution in [-0.4, -0.2) is 23.0 Å². The quantitative estimate of drug-likeness (QED) is 0.856. The third-order valence-electron chi connectivity index (χ3n) is 3.21. The molecule has 4 nitrogen and oxygen atoms in total. The van der Waals surface area contributed by atoms with Gasteiger partial charge in [-0.1, -0.05) is 17.7 Å². The van der Waals surface area contributed by atoms with E-state index in [0.717, 1.165) is 11.1 Å². The number of amides is 1. The van der Waals surface area contributed by atoms with Crippen LogP contribution < -0.4 is 5.73 Å². The fourth-order valence-electron chi connectivity index (χ4n) is 2.07. The Morgan fingerprint density at radius 1 is 1.29 bits per heavy atom. The van der Waals surface area contributed by atoms with Gasteiger partial charge in [-0.15, -0.1) is 0 Å². The number of phenolic OH excluding ortho intramolecular Hbond substituents is 1. The molecule has 0 saturated carbocycles. The summed E-state index contributed by atoms with van der Waals surface area (Å²) in [6, 6.07) is 10.1. The minimum atomic E-state index is -0.272. The number of nitrogens with two attached hydrogens (primary N) is 1. The van der Waals surface area contributed by atoms with Gasteiger partial charge in [-0.2, -0.15) is 0 Å². The number of carbonyl (C=O) groups excluding carboxylic acids is 1. The zero-order valence-electron chi connectivity index (χ0n) is 11.9. The Labute approximate surface area is 128 Å². The predicted molar refractivity (Wildman–Crippen MR) is 84.5 cm³/mol. The fourth-order valence-corrected chi connectivity index (χ4v) is 2.25. The first-order chi connectivity index (χ1) is 9.88. The Balaban J connectivity index is 2.21. The third kappa shape index (κ3) is 3.47. The second kappa shape index (κ2) is 6.06. The number of carbonyl (C=O) groups is 1. The van der Waals surface area contributed by atoms with Crippen molar-refractivity contribution >= 4 is 23.2 Å². The Bertz CT molecular complexity index is 686. The van der Waals surface area contributed by atoms with Gasteiger partial charge in [-0.3, -0.25) is 4.79 Å². The molecule has 21 heavy (non-hydrogen) atoms. The highest BCUT2D eigenvalue weighted by molar-refractivity contribution is 6.31. The maximum atomic E-state index is 12.4. The zero-order chi connectivity index (χ0) is 15.6. The summed E-state index contributed by atoms with van der Waals surface area (Å²) in [5.74, 6) is -0.295. The summed E-state index contributed by atoms with van der Waals surface area (Å²) in [7, 11) is 1.65. The molecule has 110 valence electrons. The lowest BCUT2D eigenvalue weighted by Gasteiger charge is -2.19. The smallest absolute Gasteiger partial charge is 0.257 e. The van der Waals surface area contributed by atoms with Crippen molar-refractivity contribution in [3.8, 4) is 5.75 Å². The van der Waals surface area contributed by atoms with E-state index in [2.05, 4.69) is 0 Å². The van der Waals surface area contributed by atoms with Crippen molar-refractivity contribution in [1.29, 1.82) is 0 Å². The molecule has 0 saturated heterocycles. The lowest BCUT2D eigenvalue weighted by molar-refractivity contribution is 0.0782. The van der Waals surface area contributed by atoms with Crippen molar-refractivity contribution in [2.75, 3.05) is 12.8 Å². The summed E-state index contributed by atoms with van der Waals surface area (Å²) in [6.45, 7) is 2.17. The first-order valence-electron chi connectivity index (χ1n) is 6.47. The van der Waals surface area contributed by atoms with Gasteiger partial charge in [0.25, 0.3) is 5.91 Å². The number of nitrogen functional groups attached to an aromatic ring is 1. The molecule has 0 atom stereocenters. The van der Waals surface area contributed by atoms with Gasteiger partial charge in [-0.05, 0) is 48.4 Å². The van der Waals surface area contributed by atoms with Gasteiger partial charge < -0.3 is 15.7 Å². The molecule has 2 rings (SSSR count). The molecular weight excluding hydrogens is 288 g/mol. The van der Waals surface area contributed by atoms with Crippen molar-refractivity contribution in [2.45, 2.75) is 13.5 Å². The highest BCUT2D eigenvalue weighted by Crippen LogP contribution is 2.23. The monoisotopic (exact) mass is 304 g/mol. The van der Waals surface area contributed by atoms with Gasteiger partial charge >= 0.3 is 0 Å². The van der Waals surface area contributed by atoms with Crippen LogP contribution in [0.4, 0.5) is 5.69 Å². The lowest BCUT2D eigenvalue weighted by Crippen LogP contribution is -2.26. The van der Waals surface area contributed by atoms with E-state index < -0.39 is 0 Å². The molecule has 2 aromatic carbocycles. The van der Waals surface area contributed by atoms with Crippen LogP contribution >= 0.6 is 11.6 Å². The highest BCUT2D eigenvalue weighted by atomic mass is 35.5. The van der Waals surface area contributed by atoms with E-state index in [-0.39, 0.29) is 17.2 Å². The van der Waals surface area contributed by atoms with E-state index in [9.17, 15) is 9.90 Å². The van der Waals surface area contributed by atoms with E-state index in [1.807, 2.05) is 6.92 Å². The normalized spacial score (nSPS) is 10.4. The summed E-state index contributed by atoms with van der Waals surface area (Å²) in [4.78, 5) is 13.9. The summed E-state index contributed by atoms with van der Waals surface area (Å²) in [5.41, 5.74) is 8.24. The summed E-state index contributed by atoms with van der Waals surface area (Å²) >= 11 is 6.10. The van der Waals surface area contributed by atoms with Crippen LogP contribution in [0.5, 0.6) is 5.75 Å². The van der Waals surface area contributed by atoms with E-state index in [0.29, 0.717) is 17.3 Å². The number of hydrogen-bond acceptors (Lipinski definition) is 3. The molecule has 2 aromatic rings. The van der Waals surface area contributed by atoms with Gasteiger partial charge in [0.2, 0.25) is 0 Å². The van der Waals surface area contributed by atoms with Crippen LogP contribution in [0.1, 0.15) is 21.5 Å². The highest BCUT2D eigenvalue weighted by Gasteiger charge is 2.17. The zero-order valence-corrected chi connectivity index (χ0v) is 12.7. The number of anilines is 1. The molecule has 0 aliphatic heterocycles. The van der Waals surface area contributed by atoms with Gasteiger partial charge in [0, 0.05) is 24.3 Å². The molecule has 0 bridgehead atoms. The second-order valence-corrected chi connectivity index (χ2v) is 5.44. The van der Waals surface area contributed by atoms with Crippen LogP contribution in [0.2, 0.25) is 5.02 Å². The Morgan fingerprint density at radius 3 is 2.67 bits per heavy atom. The average Bonchev–Trinajstić information content (AvgIpc) is 2.42. The van der Waals surface area contributed by atoms with Crippen LogP contribution in [0.15, 0.2) is 36.4 Å². The number of nitrogens with zero attached hydrogens (tertiary/aromatic N) is 1. The van der Waals surface area contributed by atoms with Gasteiger partial charge in [0.15, 0.2) is 0 Å². The van der Waals surface area contributed by atoms with Crippen LogP contribution in [-0.2, 0) is 6.54 Å². The number of phenols is 1. The van der Waals surface area contributed by atoms with Crippen LogP contribution in [0.25, 0.3) is 0 Å². The molecule has 0 unspecified atom stereocenters. The molecule has 0 aliphatic rings. The van der Waals surface area contributed by atoms with E-state index in [4.69, 9.17) is 17.3 Å². The Morgan fingerprint density at radius 2 is 2.00 bits per heavy atom. The van der Waals surface area contributed by atoms with Crippen molar-refractivity contribution in [3.63, 3.8) is 0 Å². The second-order valence-electron chi connectivity index (χ2n) is 5.03. The number of halogens is 1. The first-order valence-corrected chi connectivity index (χ1v) is 6.85. The first kappa shape index (κ1) is 15.2. The van der Waals surface area contributed by atoms with Crippen molar-refractivity contribution < 1.29 is 9.90 Å². The summed E-state index contributed by atoms with van der Waals surface area (Å²) < 4.78 is 0. The molecule has 0 fully saturated rings. The molecule has 0 radical (unpaired) electrons. The fraction of sp³-hybridized carbons (Fsp3) is 0.188. The predicted octanol–water partition coefficient (Wildman–Crippen LogP) is 3.21. The average molecular weight is 305 g/mol. The summed E-state index contributed by atoms with van der Waals surface area (Å²) in [6.07, 6.45) is 0. The SMILES string of the molecule is Cc1ccc(C(=O)N(C)Cc2cc(N)ccc2Cl)c(O)c1. The Kier molecular flexibility index (Phi) is 4.38. The standard InChI is InChI=1S/C16H17ClN2O2/c1-10-3-5-13(15(20)7-10)16(21)19(2)9-11-8-12(18)4-6-14(11)17/h3-8,20H,9,18H2,1-2H3. The summed E-state index contributed by atoms with van der Waals surface area (Å²) in [5, 5.41) is 10.4. The number of hydrogen-bond donors (Lipinski definition) is 2. The minimum Gasteiger partial charge on any atom is -0.507 e. The van der Waals surface area contributed by atoms with E-state index in [1.54, 1.807) is 43.4 Å². The van der Waals surface area contributed by atoms with Crippen LogP contribution in [0.3, 0.4) is 0 Å². The maximum Gasteiger partial charge on any atom is 0.257 e. The number of rotatable bonds is 3. The number of benzene rings is 2. The van der Waals surface area contributed by atoms with Gasteiger partial charge in [0.05, 0.1) is 5.56 Å². The number of aryl methyl sites for hydroxylation is 1. The molecule has 5 heteroatoms. The molecule has 0 aliphatic carbocycles. The van der Waals surface area contributed by atoms with E-state index >= 15 is 0 Å². The number of aromatic hydroxyl groups is 1. The molecular formula is C16H17ClN2O2. The van der Waals surface area contributed by atoms with Crippen molar-refractivity contribution in [3.05, 3.63) is 58.1 Å². The maximum absolute atomic E-state index is 12.4. The minimum absolute atomic E-state index is 0.0227. The third-order valence-corrected chi connectivity index (χ3v) is 3.58. The Hall–Kier alpha value is -2.20. The molecule has 0 heterocycles. The van der Waals surface area contributed by atoms with Gasteiger partial charge in [-0.25, -0.2) is 0 Å². The largest absolute Gasteiger partial charge is 0.507 e. The molecule has 1 amide bonds. The van der Waals surface area contributed by atoms with E-state index in [1.165, 1.54) is 4.90 Å². The van der Waals surface area contributed by atoms with Crippen molar-refractivity contribution in [2.24, 2.45) is 0 Å². The molecule has 0 spiro atoms. The molecule has 0 aromatic heterocycles. The van der Waals surface area contributed by atoms with Gasteiger partial charge in [0.1, 0.15) is 5.75 Å². The van der Waals surface area contributed by atoms with Crippen LogP contribution in [0, 0.1) is 6.92 Å². The van der Waals surface area contributed by atoms with Crippen molar-refractivity contribution in [1.82, 2.24) is 4.90 Å². The topological polar surface area (TPSA) is 66.6 Å². The molecule has 3 N–H and O–H groups in total. The lowest BCUT2D eigenvalue weighted by atomic mass is 10.1.